The minimum atomic E-state index is -0.379. The lowest BCUT2D eigenvalue weighted by atomic mass is 9.96. The average Bonchev–Trinajstić information content (AvgIpc) is 2.29. The lowest BCUT2D eigenvalue weighted by Crippen LogP contribution is -2.49. The molecule has 5 heteroatoms. The summed E-state index contributed by atoms with van der Waals surface area (Å²) in [4.78, 5) is 24.8. The first-order valence-electron chi connectivity index (χ1n) is 5.90. The Bertz CT molecular complexity index is 283. The van der Waals surface area contributed by atoms with Crippen LogP contribution in [-0.2, 0) is 9.59 Å². The third-order valence-electron chi connectivity index (χ3n) is 3.32. The number of aliphatic hydroxyl groups is 1. The number of carbonyl (C=O) groups excluding carboxylic acids is 2. The van der Waals surface area contributed by atoms with E-state index >= 15 is 0 Å². The van der Waals surface area contributed by atoms with Crippen LogP contribution in [0.4, 0.5) is 0 Å². The number of piperidine rings is 2. The predicted octanol–water partition coefficient (Wildman–Crippen LogP) is -0.504. The summed E-state index contributed by atoms with van der Waals surface area (Å²) in [5.74, 6) is 0.0180. The molecule has 2 saturated heterocycles. The Morgan fingerprint density at radius 2 is 2.25 bits per heavy atom. The molecule has 0 aromatic carbocycles. The summed E-state index contributed by atoms with van der Waals surface area (Å²) in [7, 11) is 0. The Morgan fingerprint density at radius 1 is 1.44 bits per heavy atom. The number of carbonyl (C=O) groups is 2. The Balaban J connectivity index is 1.89. The van der Waals surface area contributed by atoms with Crippen molar-refractivity contribution in [2.75, 3.05) is 19.6 Å². The minimum absolute atomic E-state index is 0.0303. The lowest BCUT2D eigenvalue weighted by Gasteiger charge is -2.34. The molecule has 2 N–H and O–H groups in total. The van der Waals surface area contributed by atoms with Crippen molar-refractivity contribution in [1.29, 1.82) is 0 Å². The molecule has 2 unspecified atom stereocenters. The number of β-amino-alcohol motifs (C(OH)–C–C–N with tert-alkyl or cyclic N) is 1. The first-order valence-corrected chi connectivity index (χ1v) is 5.90. The molecule has 0 spiro atoms. The van der Waals surface area contributed by atoms with Crippen LogP contribution in [0.2, 0.25) is 0 Å². The molecule has 90 valence electrons. The highest BCUT2D eigenvalue weighted by atomic mass is 16.3. The van der Waals surface area contributed by atoms with Crippen LogP contribution in [0.15, 0.2) is 0 Å². The van der Waals surface area contributed by atoms with Crippen molar-refractivity contribution in [3.63, 3.8) is 0 Å². The molecule has 2 aliphatic heterocycles. The van der Waals surface area contributed by atoms with Gasteiger partial charge in [0.2, 0.25) is 11.8 Å². The van der Waals surface area contributed by atoms with Crippen molar-refractivity contribution < 1.29 is 14.7 Å². The van der Waals surface area contributed by atoms with Crippen LogP contribution in [0, 0.1) is 5.92 Å². The van der Waals surface area contributed by atoms with Gasteiger partial charge < -0.3 is 15.3 Å². The third kappa shape index (κ3) is 2.52. The molecule has 0 aromatic rings. The number of amides is 2. The highest BCUT2D eigenvalue weighted by Crippen LogP contribution is 2.17. The van der Waals surface area contributed by atoms with Gasteiger partial charge in [0.15, 0.2) is 0 Å². The SMILES string of the molecule is O=C1CCC(C(=O)N2CCCC(O)C2)CN1. The van der Waals surface area contributed by atoms with Gasteiger partial charge in [0, 0.05) is 26.1 Å². The smallest absolute Gasteiger partial charge is 0.227 e. The Kier molecular flexibility index (Phi) is 3.43. The summed E-state index contributed by atoms with van der Waals surface area (Å²) in [6.07, 6.45) is 2.34. The summed E-state index contributed by atoms with van der Waals surface area (Å²) < 4.78 is 0. The number of likely N-dealkylation sites (tertiary alicyclic amines) is 1. The van der Waals surface area contributed by atoms with Crippen molar-refractivity contribution in [1.82, 2.24) is 10.2 Å². The summed E-state index contributed by atoms with van der Waals surface area (Å²) in [5, 5.41) is 12.2. The molecule has 0 aliphatic carbocycles. The molecule has 0 bridgehead atoms. The van der Waals surface area contributed by atoms with Crippen molar-refractivity contribution in [3.8, 4) is 0 Å². The van der Waals surface area contributed by atoms with E-state index in [1.807, 2.05) is 0 Å². The quantitative estimate of drug-likeness (QED) is 0.633. The van der Waals surface area contributed by atoms with E-state index in [-0.39, 0.29) is 23.8 Å². The number of rotatable bonds is 1. The van der Waals surface area contributed by atoms with E-state index in [2.05, 4.69) is 5.32 Å². The van der Waals surface area contributed by atoms with Gasteiger partial charge in [-0.1, -0.05) is 0 Å². The minimum Gasteiger partial charge on any atom is -0.391 e. The van der Waals surface area contributed by atoms with Gasteiger partial charge in [-0.3, -0.25) is 9.59 Å². The number of aliphatic hydroxyl groups excluding tert-OH is 1. The largest absolute Gasteiger partial charge is 0.391 e. The molecular weight excluding hydrogens is 208 g/mol. The molecule has 0 radical (unpaired) electrons. The summed E-state index contributed by atoms with van der Waals surface area (Å²) in [6.45, 7) is 1.63. The lowest BCUT2D eigenvalue weighted by molar-refractivity contribution is -0.140. The van der Waals surface area contributed by atoms with Gasteiger partial charge in [0.05, 0.1) is 12.0 Å². The van der Waals surface area contributed by atoms with Gasteiger partial charge in [-0.05, 0) is 19.3 Å². The molecule has 2 atom stereocenters. The van der Waals surface area contributed by atoms with E-state index < -0.39 is 0 Å². The fourth-order valence-corrected chi connectivity index (χ4v) is 2.36. The molecular formula is C11H18N2O3. The van der Waals surface area contributed by atoms with E-state index in [0.717, 1.165) is 19.4 Å². The van der Waals surface area contributed by atoms with Gasteiger partial charge in [0.25, 0.3) is 0 Å². The number of hydrogen-bond donors (Lipinski definition) is 2. The topological polar surface area (TPSA) is 69.6 Å². The van der Waals surface area contributed by atoms with Crippen LogP contribution < -0.4 is 5.32 Å². The normalized spacial score (nSPS) is 31.1. The van der Waals surface area contributed by atoms with Crippen molar-refractivity contribution in [3.05, 3.63) is 0 Å². The Hall–Kier alpha value is -1.10. The van der Waals surface area contributed by atoms with Crippen LogP contribution in [0.25, 0.3) is 0 Å². The molecule has 2 amide bonds. The first-order chi connectivity index (χ1) is 7.66. The summed E-state index contributed by atoms with van der Waals surface area (Å²) >= 11 is 0. The highest BCUT2D eigenvalue weighted by molar-refractivity contribution is 5.83. The fourth-order valence-electron chi connectivity index (χ4n) is 2.36. The first kappa shape index (κ1) is 11.4. The van der Waals surface area contributed by atoms with Crippen LogP contribution in [-0.4, -0.2) is 47.6 Å². The van der Waals surface area contributed by atoms with Crippen molar-refractivity contribution in [2.24, 2.45) is 5.92 Å². The molecule has 2 aliphatic rings. The summed E-state index contributed by atoms with van der Waals surface area (Å²) in [5.41, 5.74) is 0. The predicted molar refractivity (Wildman–Crippen MR) is 57.6 cm³/mol. The second-order valence-corrected chi connectivity index (χ2v) is 4.62. The van der Waals surface area contributed by atoms with Crippen LogP contribution in [0.1, 0.15) is 25.7 Å². The number of nitrogens with zero attached hydrogens (tertiary/aromatic N) is 1. The molecule has 2 rings (SSSR count). The zero-order valence-electron chi connectivity index (χ0n) is 9.32. The summed E-state index contributed by atoms with van der Waals surface area (Å²) in [6, 6.07) is 0. The van der Waals surface area contributed by atoms with Crippen LogP contribution in [0.5, 0.6) is 0 Å². The molecule has 2 fully saturated rings. The zero-order valence-corrected chi connectivity index (χ0v) is 9.32. The van der Waals surface area contributed by atoms with Crippen molar-refractivity contribution >= 4 is 11.8 Å². The van der Waals surface area contributed by atoms with E-state index in [0.29, 0.717) is 25.9 Å². The zero-order chi connectivity index (χ0) is 11.5. The van der Waals surface area contributed by atoms with E-state index in [1.165, 1.54) is 0 Å². The van der Waals surface area contributed by atoms with Gasteiger partial charge in [-0.15, -0.1) is 0 Å². The van der Waals surface area contributed by atoms with Crippen LogP contribution in [0.3, 0.4) is 0 Å². The fraction of sp³-hybridized carbons (Fsp3) is 0.818. The second kappa shape index (κ2) is 4.82. The van der Waals surface area contributed by atoms with Gasteiger partial charge in [0.1, 0.15) is 0 Å². The third-order valence-corrected chi connectivity index (χ3v) is 3.32. The van der Waals surface area contributed by atoms with Gasteiger partial charge in [-0.2, -0.15) is 0 Å². The maximum absolute atomic E-state index is 12.1. The maximum Gasteiger partial charge on any atom is 0.227 e. The second-order valence-electron chi connectivity index (χ2n) is 4.62. The molecule has 0 aromatic heterocycles. The van der Waals surface area contributed by atoms with Gasteiger partial charge >= 0.3 is 0 Å². The Morgan fingerprint density at radius 3 is 2.88 bits per heavy atom. The monoisotopic (exact) mass is 226 g/mol. The van der Waals surface area contributed by atoms with E-state index in [9.17, 15) is 14.7 Å². The molecule has 2 heterocycles. The maximum atomic E-state index is 12.1. The van der Waals surface area contributed by atoms with E-state index in [1.54, 1.807) is 4.90 Å². The number of hydrogen-bond acceptors (Lipinski definition) is 3. The van der Waals surface area contributed by atoms with Crippen LogP contribution >= 0.6 is 0 Å². The molecule has 0 saturated carbocycles. The standard InChI is InChI=1S/C11H18N2O3/c14-9-2-1-5-13(7-9)11(16)8-3-4-10(15)12-6-8/h8-9,14H,1-7H2,(H,12,15). The van der Waals surface area contributed by atoms with Crippen molar-refractivity contribution in [2.45, 2.75) is 31.8 Å². The molecule has 16 heavy (non-hydrogen) atoms. The Labute approximate surface area is 94.8 Å². The molecule has 5 nitrogen and oxygen atoms in total. The average molecular weight is 226 g/mol. The van der Waals surface area contributed by atoms with Gasteiger partial charge in [-0.25, -0.2) is 0 Å². The highest BCUT2D eigenvalue weighted by Gasteiger charge is 2.30. The van der Waals surface area contributed by atoms with E-state index in [4.69, 9.17) is 0 Å². The number of nitrogens with one attached hydrogen (secondary N) is 1.